The Morgan fingerprint density at radius 3 is 2.21 bits per heavy atom. The van der Waals surface area contributed by atoms with E-state index in [0.717, 1.165) is 42.1 Å². The number of hydrogen-bond donors (Lipinski definition) is 0. The lowest BCUT2D eigenvalue weighted by atomic mass is 9.48. The van der Waals surface area contributed by atoms with Gasteiger partial charge in [-0.05, 0) is 114 Å². The number of rotatable bonds is 10. The molecule has 3 nitrogen and oxygen atoms in total. The van der Waals surface area contributed by atoms with Gasteiger partial charge in [-0.1, -0.05) is 62.9 Å². The maximum Gasteiger partial charge on any atom is 0.337 e. The Balaban J connectivity index is 1.39. The molecule has 0 unspecified atom stereocenters. The smallest absolute Gasteiger partial charge is 0.337 e. The number of carbonyl (C=O) groups is 1. The normalized spacial score (nSPS) is 25.6. The van der Waals surface area contributed by atoms with Crippen LogP contribution in [0.4, 0.5) is 0 Å². The third-order valence-corrected chi connectivity index (χ3v) is 9.71. The summed E-state index contributed by atoms with van der Waals surface area (Å²) >= 11 is 0. The van der Waals surface area contributed by atoms with E-state index in [1.54, 1.807) is 0 Å². The number of methoxy groups -OCH3 is 1. The summed E-state index contributed by atoms with van der Waals surface area (Å²) in [7, 11) is 1.43. The molecule has 3 aromatic rings. The van der Waals surface area contributed by atoms with Crippen molar-refractivity contribution in [3.8, 4) is 16.9 Å². The predicted octanol–water partition coefficient (Wildman–Crippen LogP) is 9.11. The van der Waals surface area contributed by atoms with Gasteiger partial charge in [0.05, 0.1) is 19.3 Å². The highest BCUT2D eigenvalue weighted by molar-refractivity contribution is 5.99. The molecule has 0 spiro atoms. The van der Waals surface area contributed by atoms with Crippen molar-refractivity contribution in [2.45, 2.75) is 83.0 Å². The Kier molecular flexibility index (Phi) is 7.20. The lowest BCUT2D eigenvalue weighted by Crippen LogP contribution is -2.48. The Labute approximate surface area is 227 Å². The maximum atomic E-state index is 12.0. The van der Waals surface area contributed by atoms with Gasteiger partial charge in [-0.3, -0.25) is 0 Å². The number of benzene rings is 3. The fourth-order valence-corrected chi connectivity index (χ4v) is 8.32. The van der Waals surface area contributed by atoms with E-state index in [1.165, 1.54) is 93.2 Å². The van der Waals surface area contributed by atoms with E-state index in [1.807, 2.05) is 24.3 Å². The van der Waals surface area contributed by atoms with Gasteiger partial charge in [0.2, 0.25) is 0 Å². The summed E-state index contributed by atoms with van der Waals surface area (Å²) < 4.78 is 11.6. The molecule has 38 heavy (non-hydrogen) atoms. The van der Waals surface area contributed by atoms with Crippen molar-refractivity contribution in [1.82, 2.24) is 0 Å². The van der Waals surface area contributed by atoms with Crippen molar-refractivity contribution < 1.29 is 14.3 Å². The van der Waals surface area contributed by atoms with Crippen molar-refractivity contribution in [3.63, 3.8) is 0 Å². The van der Waals surface area contributed by atoms with E-state index >= 15 is 0 Å². The van der Waals surface area contributed by atoms with E-state index in [0.29, 0.717) is 5.56 Å². The molecule has 3 aromatic carbocycles. The first-order valence-electron chi connectivity index (χ1n) is 15.0. The van der Waals surface area contributed by atoms with Gasteiger partial charge in [0.1, 0.15) is 5.75 Å². The summed E-state index contributed by atoms with van der Waals surface area (Å²) in [5, 5.41) is 2.52. The van der Waals surface area contributed by atoms with Crippen LogP contribution >= 0.6 is 0 Å². The summed E-state index contributed by atoms with van der Waals surface area (Å²) in [6.07, 6.45) is 14.6. The largest absolute Gasteiger partial charge is 0.493 e. The van der Waals surface area contributed by atoms with E-state index in [2.05, 4.69) is 37.3 Å². The molecule has 4 bridgehead atoms. The highest BCUT2D eigenvalue weighted by Gasteiger charge is 2.52. The second-order valence-corrected chi connectivity index (χ2v) is 12.4. The fraction of sp³-hybridized carbons (Fsp3) is 0.514. The van der Waals surface area contributed by atoms with Gasteiger partial charge >= 0.3 is 5.97 Å². The second-order valence-electron chi connectivity index (χ2n) is 12.4. The molecule has 7 rings (SSSR count). The summed E-state index contributed by atoms with van der Waals surface area (Å²) in [4.78, 5) is 12.0. The van der Waals surface area contributed by atoms with Gasteiger partial charge in [-0.25, -0.2) is 4.79 Å². The number of ether oxygens (including phenoxy) is 2. The van der Waals surface area contributed by atoms with Crippen LogP contribution in [0.2, 0.25) is 0 Å². The van der Waals surface area contributed by atoms with Gasteiger partial charge in [0, 0.05) is 5.56 Å². The lowest BCUT2D eigenvalue weighted by molar-refractivity contribution is -0.00633. The van der Waals surface area contributed by atoms with Gasteiger partial charge in [0.15, 0.2) is 0 Å². The molecule has 0 aliphatic heterocycles. The van der Waals surface area contributed by atoms with Crippen LogP contribution in [0.3, 0.4) is 0 Å². The Morgan fingerprint density at radius 2 is 1.55 bits per heavy atom. The highest BCUT2D eigenvalue weighted by atomic mass is 16.5. The van der Waals surface area contributed by atoms with E-state index in [9.17, 15) is 4.79 Å². The van der Waals surface area contributed by atoms with Crippen LogP contribution in [0, 0.1) is 17.8 Å². The summed E-state index contributed by atoms with van der Waals surface area (Å²) in [5.74, 6) is 3.50. The highest BCUT2D eigenvalue weighted by Crippen LogP contribution is 2.62. The van der Waals surface area contributed by atoms with Crippen molar-refractivity contribution in [2.75, 3.05) is 13.7 Å². The van der Waals surface area contributed by atoms with Crippen molar-refractivity contribution in [1.29, 1.82) is 0 Å². The Hall–Kier alpha value is -2.81. The van der Waals surface area contributed by atoms with Crippen molar-refractivity contribution in [3.05, 3.63) is 65.7 Å². The molecule has 0 amide bonds. The Morgan fingerprint density at radius 1 is 0.868 bits per heavy atom. The molecule has 200 valence electrons. The van der Waals surface area contributed by atoms with E-state index in [-0.39, 0.29) is 11.4 Å². The van der Waals surface area contributed by atoms with Gasteiger partial charge in [-0.2, -0.15) is 0 Å². The molecular formula is C35H42O3. The molecule has 4 aliphatic carbocycles. The Bertz CT molecular complexity index is 1250. The molecule has 4 saturated carbocycles. The minimum atomic E-state index is -0.296. The van der Waals surface area contributed by atoms with E-state index in [4.69, 9.17) is 9.47 Å². The zero-order valence-corrected chi connectivity index (χ0v) is 23.1. The minimum Gasteiger partial charge on any atom is -0.493 e. The topological polar surface area (TPSA) is 35.5 Å². The van der Waals surface area contributed by atoms with Crippen molar-refractivity contribution in [2.24, 2.45) is 17.8 Å². The molecule has 0 heterocycles. The molecule has 0 radical (unpaired) electrons. The van der Waals surface area contributed by atoms with Crippen LogP contribution in [-0.4, -0.2) is 19.7 Å². The zero-order valence-electron chi connectivity index (χ0n) is 23.1. The molecule has 0 aromatic heterocycles. The predicted molar refractivity (Wildman–Crippen MR) is 155 cm³/mol. The van der Waals surface area contributed by atoms with Crippen LogP contribution in [0.25, 0.3) is 21.9 Å². The number of fused-ring (bicyclic) bond motifs is 1. The minimum absolute atomic E-state index is 0.266. The summed E-state index contributed by atoms with van der Waals surface area (Å²) in [5.41, 5.74) is 4.67. The second kappa shape index (κ2) is 10.8. The van der Waals surface area contributed by atoms with Gasteiger partial charge in [0.25, 0.3) is 0 Å². The molecule has 4 aliphatic rings. The molecule has 0 N–H and O–H groups in total. The van der Waals surface area contributed by atoms with Crippen molar-refractivity contribution >= 4 is 16.7 Å². The van der Waals surface area contributed by atoms with Gasteiger partial charge in [-0.15, -0.1) is 0 Å². The van der Waals surface area contributed by atoms with Crippen LogP contribution in [-0.2, 0) is 10.2 Å². The van der Waals surface area contributed by atoms with Crippen LogP contribution in [0.15, 0.2) is 54.6 Å². The third-order valence-electron chi connectivity index (χ3n) is 9.71. The molecule has 4 fully saturated rings. The fourth-order valence-electron chi connectivity index (χ4n) is 8.32. The lowest BCUT2D eigenvalue weighted by Gasteiger charge is -2.57. The molecular weight excluding hydrogens is 468 g/mol. The molecule has 0 atom stereocenters. The number of unbranched alkanes of at least 4 members (excludes halogenated alkanes) is 4. The number of carbonyl (C=O) groups excluding carboxylic acids is 1. The average Bonchev–Trinajstić information content (AvgIpc) is 2.93. The number of hydrogen-bond acceptors (Lipinski definition) is 3. The first-order chi connectivity index (χ1) is 18.6. The quantitative estimate of drug-likeness (QED) is 0.201. The standard InChI is InChI=1S/C35H42O3/c1-3-4-5-6-7-15-38-33-19-29-9-8-10-30(27-11-13-28(14-12-27)34(36)37-2)31(29)20-32(33)35-21-24-16-25(22-35)18-26(17-24)23-35/h8-14,19-20,24-26H,3-7,15-18,21-23H2,1-2H3. The maximum absolute atomic E-state index is 12.0. The third kappa shape index (κ3) is 4.85. The van der Waals surface area contributed by atoms with Crippen LogP contribution in [0.5, 0.6) is 5.75 Å². The van der Waals surface area contributed by atoms with Crippen LogP contribution < -0.4 is 4.74 Å². The monoisotopic (exact) mass is 510 g/mol. The SMILES string of the molecule is CCCCCCCOc1cc2cccc(-c3ccc(C(=O)OC)cc3)c2cc1C12CC3CC(CC(C3)C1)C2. The molecule has 3 heteroatoms. The summed E-state index contributed by atoms with van der Waals surface area (Å²) in [6, 6.07) is 19.3. The summed E-state index contributed by atoms with van der Waals surface area (Å²) in [6.45, 7) is 3.08. The zero-order chi connectivity index (χ0) is 26.1. The van der Waals surface area contributed by atoms with Gasteiger partial charge < -0.3 is 9.47 Å². The first kappa shape index (κ1) is 25.5. The number of esters is 1. The average molecular weight is 511 g/mol. The molecule has 0 saturated heterocycles. The van der Waals surface area contributed by atoms with Crippen LogP contribution in [0.1, 0.15) is 93.5 Å². The first-order valence-corrected chi connectivity index (χ1v) is 15.0. The van der Waals surface area contributed by atoms with E-state index < -0.39 is 0 Å².